The minimum absolute atomic E-state index is 0.0232. The van der Waals surface area contributed by atoms with Gasteiger partial charge >= 0.3 is 6.18 Å². The van der Waals surface area contributed by atoms with Crippen LogP contribution in [0.25, 0.3) is 21.3 Å². The van der Waals surface area contributed by atoms with Crippen LogP contribution < -0.4 is 20.5 Å². The van der Waals surface area contributed by atoms with Crippen molar-refractivity contribution in [2.45, 2.75) is 38.4 Å². The highest BCUT2D eigenvalue weighted by molar-refractivity contribution is 7.19. The molecule has 14 heteroatoms. The molecule has 1 aliphatic heterocycles. The smallest absolute Gasteiger partial charge is 0.425 e. The lowest BCUT2D eigenvalue weighted by Gasteiger charge is -2.14. The van der Waals surface area contributed by atoms with E-state index in [0.29, 0.717) is 51.3 Å². The van der Waals surface area contributed by atoms with Crippen molar-refractivity contribution in [3.63, 3.8) is 0 Å². The zero-order valence-electron chi connectivity index (χ0n) is 22.1. The number of benzene rings is 2. The standard InChI is InChI=1S/C28H23F5N4O4S/c1-40-21-9-4-15(17-14-22(28(31,32)33)42-27(17)21)19-7-11-24(39)37(36-19)12-2-3-13-41-20-8-5-16(25(29)26(20)30)18-6-10-23(38)35-34-18/h4-5,7-9,11,14H,2-3,6,10,12-13H2,1H3,(H,35,38). The van der Waals surface area contributed by atoms with Crippen LogP contribution in [0.2, 0.25) is 0 Å². The Morgan fingerprint density at radius 2 is 1.74 bits per heavy atom. The molecular weight excluding hydrogens is 583 g/mol. The minimum Gasteiger partial charge on any atom is -0.495 e. The van der Waals surface area contributed by atoms with Gasteiger partial charge < -0.3 is 9.47 Å². The molecule has 0 radical (unpaired) electrons. The fourth-order valence-corrected chi connectivity index (χ4v) is 5.50. The molecule has 1 N–H and O–H groups in total. The molecule has 2 aromatic heterocycles. The Kier molecular flexibility index (Phi) is 8.25. The van der Waals surface area contributed by atoms with Crippen LogP contribution in [-0.4, -0.2) is 35.1 Å². The second-order valence-electron chi connectivity index (χ2n) is 9.33. The van der Waals surface area contributed by atoms with Crippen LogP contribution in [0, 0.1) is 11.6 Å². The van der Waals surface area contributed by atoms with Gasteiger partial charge in [0.25, 0.3) is 5.56 Å². The van der Waals surface area contributed by atoms with Gasteiger partial charge in [-0.2, -0.15) is 27.8 Å². The van der Waals surface area contributed by atoms with E-state index in [0.717, 1.165) is 6.07 Å². The first kappa shape index (κ1) is 29.2. The van der Waals surface area contributed by atoms with Crippen molar-refractivity contribution in [2.24, 2.45) is 5.10 Å². The average molecular weight is 607 g/mol. The van der Waals surface area contributed by atoms with Crippen molar-refractivity contribution in [1.29, 1.82) is 0 Å². The molecule has 0 unspecified atom stereocenters. The number of aryl methyl sites for hydroxylation is 1. The van der Waals surface area contributed by atoms with Gasteiger partial charge in [-0.15, -0.1) is 11.3 Å². The maximum Gasteiger partial charge on any atom is 0.425 e. The zero-order chi connectivity index (χ0) is 30.0. The SMILES string of the molecule is COc1ccc(-c2ccc(=O)n(CCCCOc3ccc(C4=NNC(=O)CC4)c(F)c3F)n2)c2cc(C(F)(F)F)sc12. The summed E-state index contributed by atoms with van der Waals surface area (Å²) in [5.74, 6) is -2.60. The number of aromatic nitrogens is 2. The number of alkyl halides is 3. The number of fused-ring (bicyclic) bond motifs is 1. The Bertz CT molecular complexity index is 1750. The topological polar surface area (TPSA) is 94.8 Å². The molecule has 5 rings (SSSR count). The second-order valence-corrected chi connectivity index (χ2v) is 10.4. The fourth-order valence-electron chi connectivity index (χ4n) is 4.46. The highest BCUT2D eigenvalue weighted by Crippen LogP contribution is 2.44. The Morgan fingerprint density at radius 1 is 0.976 bits per heavy atom. The lowest BCUT2D eigenvalue weighted by atomic mass is 10.0. The van der Waals surface area contributed by atoms with E-state index in [-0.39, 0.29) is 48.9 Å². The number of ether oxygens (including phenoxy) is 2. The number of hydrazone groups is 1. The van der Waals surface area contributed by atoms with E-state index in [1.165, 1.54) is 36.1 Å². The van der Waals surface area contributed by atoms with Crippen LogP contribution in [0.3, 0.4) is 0 Å². The number of hydrogen-bond donors (Lipinski definition) is 1. The van der Waals surface area contributed by atoms with Crippen molar-refractivity contribution in [3.05, 3.63) is 74.9 Å². The lowest BCUT2D eigenvalue weighted by molar-refractivity contribution is -0.134. The third-order valence-corrected chi connectivity index (χ3v) is 7.77. The van der Waals surface area contributed by atoms with E-state index in [9.17, 15) is 31.5 Å². The first-order valence-corrected chi connectivity index (χ1v) is 13.6. The summed E-state index contributed by atoms with van der Waals surface area (Å²) < 4.78 is 81.6. The number of methoxy groups -OCH3 is 1. The lowest BCUT2D eigenvalue weighted by Crippen LogP contribution is -2.26. The third-order valence-electron chi connectivity index (χ3n) is 6.57. The summed E-state index contributed by atoms with van der Waals surface area (Å²) in [6, 6.07) is 9.54. The Labute approximate surface area is 239 Å². The summed E-state index contributed by atoms with van der Waals surface area (Å²) in [5, 5.41) is 8.44. The molecule has 1 aliphatic rings. The first-order chi connectivity index (χ1) is 20.1. The summed E-state index contributed by atoms with van der Waals surface area (Å²) in [7, 11) is 1.37. The van der Waals surface area contributed by atoms with Gasteiger partial charge in [0.1, 0.15) is 10.6 Å². The molecule has 0 spiro atoms. The Hall–Kier alpha value is -4.33. The van der Waals surface area contributed by atoms with Crippen LogP contribution in [0.15, 0.2) is 52.4 Å². The van der Waals surface area contributed by atoms with Crippen LogP contribution in [0.5, 0.6) is 11.5 Å². The minimum atomic E-state index is -4.53. The summed E-state index contributed by atoms with van der Waals surface area (Å²) in [5.41, 5.74) is 2.73. The second kappa shape index (κ2) is 11.9. The molecule has 0 fully saturated rings. The number of carbonyl (C=O) groups is 1. The third kappa shape index (κ3) is 5.98. The molecule has 3 heterocycles. The van der Waals surface area contributed by atoms with Crippen LogP contribution in [0.1, 0.15) is 36.1 Å². The monoisotopic (exact) mass is 606 g/mol. The predicted molar refractivity (Wildman–Crippen MR) is 146 cm³/mol. The molecule has 8 nitrogen and oxygen atoms in total. The Balaban J connectivity index is 1.25. The van der Waals surface area contributed by atoms with Crippen LogP contribution in [-0.2, 0) is 17.5 Å². The number of unbranched alkanes of at least 4 members (excludes halogenated alkanes) is 1. The number of nitrogens with one attached hydrogen (secondary N) is 1. The number of halogens is 5. The molecule has 0 bridgehead atoms. The molecule has 220 valence electrons. The van der Waals surface area contributed by atoms with Gasteiger partial charge in [-0.05, 0) is 49.2 Å². The number of thiophene rings is 1. The van der Waals surface area contributed by atoms with Gasteiger partial charge in [0.2, 0.25) is 11.7 Å². The average Bonchev–Trinajstić information content (AvgIpc) is 3.43. The van der Waals surface area contributed by atoms with Crippen molar-refractivity contribution < 1.29 is 36.2 Å². The largest absolute Gasteiger partial charge is 0.495 e. The first-order valence-electron chi connectivity index (χ1n) is 12.8. The molecule has 1 amide bonds. The number of rotatable bonds is 9. The predicted octanol–water partition coefficient (Wildman–Crippen LogP) is 5.90. The highest BCUT2D eigenvalue weighted by Gasteiger charge is 2.34. The Morgan fingerprint density at radius 3 is 2.45 bits per heavy atom. The van der Waals surface area contributed by atoms with Crippen molar-refractivity contribution in [3.8, 4) is 22.8 Å². The summed E-state index contributed by atoms with van der Waals surface area (Å²) in [6.45, 7) is 0.184. The van der Waals surface area contributed by atoms with Crippen molar-refractivity contribution >= 4 is 33.0 Å². The molecule has 2 aromatic carbocycles. The molecule has 4 aromatic rings. The molecule has 0 aliphatic carbocycles. The molecular formula is C28H23F5N4O4S. The zero-order valence-corrected chi connectivity index (χ0v) is 22.9. The molecule has 0 saturated carbocycles. The van der Waals surface area contributed by atoms with E-state index in [4.69, 9.17) is 9.47 Å². The quantitative estimate of drug-likeness (QED) is 0.189. The van der Waals surface area contributed by atoms with E-state index in [1.807, 2.05) is 0 Å². The van der Waals surface area contributed by atoms with E-state index in [2.05, 4.69) is 15.6 Å². The van der Waals surface area contributed by atoms with Crippen LogP contribution >= 0.6 is 11.3 Å². The maximum atomic E-state index is 14.6. The number of amides is 1. The van der Waals surface area contributed by atoms with E-state index < -0.39 is 28.2 Å². The number of nitrogens with zero attached hydrogens (tertiary/aromatic N) is 3. The van der Waals surface area contributed by atoms with E-state index in [1.54, 1.807) is 12.1 Å². The van der Waals surface area contributed by atoms with E-state index >= 15 is 0 Å². The number of carbonyl (C=O) groups excluding carboxylic acids is 1. The van der Waals surface area contributed by atoms with Gasteiger partial charge in [-0.3, -0.25) is 9.59 Å². The van der Waals surface area contributed by atoms with Crippen molar-refractivity contribution in [2.75, 3.05) is 13.7 Å². The normalized spacial score (nSPS) is 13.7. The van der Waals surface area contributed by atoms with Gasteiger partial charge in [0, 0.05) is 42.0 Å². The van der Waals surface area contributed by atoms with Crippen LogP contribution in [0.4, 0.5) is 22.0 Å². The molecule has 0 saturated heterocycles. The molecule has 0 atom stereocenters. The van der Waals surface area contributed by atoms with Gasteiger partial charge in [-0.1, -0.05) is 0 Å². The summed E-state index contributed by atoms with van der Waals surface area (Å²) in [6.07, 6.45) is -3.46. The number of hydrogen-bond acceptors (Lipinski definition) is 7. The summed E-state index contributed by atoms with van der Waals surface area (Å²) >= 11 is 0.568. The fraction of sp³-hybridized carbons (Fsp3) is 0.286. The molecule has 42 heavy (non-hydrogen) atoms. The van der Waals surface area contributed by atoms with Gasteiger partial charge in [0.05, 0.1) is 29.8 Å². The highest BCUT2D eigenvalue weighted by atomic mass is 32.1. The van der Waals surface area contributed by atoms with Crippen molar-refractivity contribution in [1.82, 2.24) is 15.2 Å². The summed E-state index contributed by atoms with van der Waals surface area (Å²) in [4.78, 5) is 22.9. The van der Waals surface area contributed by atoms with Gasteiger partial charge in [0.15, 0.2) is 11.6 Å². The van der Waals surface area contributed by atoms with Gasteiger partial charge in [-0.25, -0.2) is 14.5 Å². The maximum absolute atomic E-state index is 14.6.